The Morgan fingerprint density at radius 2 is 2.04 bits per heavy atom. The van der Waals surface area contributed by atoms with E-state index in [4.69, 9.17) is 4.74 Å². The lowest BCUT2D eigenvalue weighted by Crippen LogP contribution is -2.37. The van der Waals surface area contributed by atoms with Crippen molar-refractivity contribution in [1.29, 1.82) is 0 Å². The molecule has 0 aromatic heterocycles. The summed E-state index contributed by atoms with van der Waals surface area (Å²) in [6.45, 7) is 6.65. The Morgan fingerprint density at radius 1 is 1.26 bits per heavy atom. The van der Waals surface area contributed by atoms with Crippen LogP contribution in [0.3, 0.4) is 0 Å². The fraction of sp³-hybridized carbons (Fsp3) is 0.588. The largest absolute Gasteiger partial charge is 0.496 e. The third-order valence-electron chi connectivity index (χ3n) is 3.29. The van der Waals surface area contributed by atoms with Gasteiger partial charge in [-0.3, -0.25) is 0 Å². The number of aliphatic imine (C=N–C) groups is 1. The van der Waals surface area contributed by atoms with E-state index in [1.54, 1.807) is 7.11 Å². The molecule has 0 amide bonds. The molecule has 132 valence electrons. The molecule has 0 fully saturated rings. The van der Waals surface area contributed by atoms with Crippen LogP contribution >= 0.6 is 35.7 Å². The van der Waals surface area contributed by atoms with Crippen LogP contribution in [0.5, 0.6) is 5.75 Å². The van der Waals surface area contributed by atoms with E-state index in [-0.39, 0.29) is 24.0 Å². The van der Waals surface area contributed by atoms with Crippen molar-refractivity contribution < 1.29 is 4.74 Å². The summed E-state index contributed by atoms with van der Waals surface area (Å²) in [5, 5.41) is 6.68. The Labute approximate surface area is 162 Å². The van der Waals surface area contributed by atoms with Crippen molar-refractivity contribution in [2.24, 2.45) is 4.99 Å². The van der Waals surface area contributed by atoms with E-state index in [2.05, 4.69) is 47.9 Å². The van der Waals surface area contributed by atoms with Crippen molar-refractivity contribution in [3.05, 3.63) is 29.3 Å². The molecule has 0 saturated heterocycles. The fourth-order valence-corrected chi connectivity index (χ4v) is 2.62. The smallest absolute Gasteiger partial charge is 0.191 e. The van der Waals surface area contributed by atoms with Crippen LogP contribution in [0.25, 0.3) is 0 Å². The number of unbranched alkanes of at least 4 members (excludes halogenated alkanes) is 1. The van der Waals surface area contributed by atoms with Crippen LogP contribution in [-0.4, -0.2) is 38.2 Å². The number of rotatable bonds is 9. The highest BCUT2D eigenvalue weighted by Crippen LogP contribution is 2.18. The van der Waals surface area contributed by atoms with Crippen LogP contribution in [0.15, 0.2) is 23.2 Å². The molecular formula is C17H30IN3OS. The number of nitrogens with zero attached hydrogens (tertiary/aromatic N) is 1. The molecule has 1 aromatic rings. The molecule has 0 bridgehead atoms. The van der Waals surface area contributed by atoms with Crippen molar-refractivity contribution in [3.63, 3.8) is 0 Å². The first-order valence-electron chi connectivity index (χ1n) is 7.85. The number of guanidine groups is 1. The predicted molar refractivity (Wildman–Crippen MR) is 114 cm³/mol. The van der Waals surface area contributed by atoms with Gasteiger partial charge in [-0.15, -0.1) is 24.0 Å². The quantitative estimate of drug-likeness (QED) is 0.259. The van der Waals surface area contributed by atoms with E-state index in [1.165, 1.54) is 24.2 Å². The highest BCUT2D eigenvalue weighted by molar-refractivity contribution is 14.0. The Balaban J connectivity index is 0.00000484. The molecule has 0 heterocycles. The van der Waals surface area contributed by atoms with Gasteiger partial charge in [0.1, 0.15) is 5.75 Å². The molecule has 4 nitrogen and oxygen atoms in total. The van der Waals surface area contributed by atoms with Crippen molar-refractivity contribution >= 4 is 41.7 Å². The Morgan fingerprint density at radius 3 is 2.65 bits per heavy atom. The zero-order valence-corrected chi connectivity index (χ0v) is 17.8. The maximum Gasteiger partial charge on any atom is 0.191 e. The minimum absolute atomic E-state index is 0. The van der Waals surface area contributed by atoms with Gasteiger partial charge in [0.15, 0.2) is 5.96 Å². The van der Waals surface area contributed by atoms with E-state index in [9.17, 15) is 0 Å². The maximum absolute atomic E-state index is 5.29. The molecule has 0 atom stereocenters. The molecule has 0 aliphatic heterocycles. The average Bonchev–Trinajstić information content (AvgIpc) is 2.52. The summed E-state index contributed by atoms with van der Waals surface area (Å²) in [6, 6.07) is 6.20. The molecule has 0 aliphatic rings. The first kappa shape index (κ1) is 22.4. The summed E-state index contributed by atoms with van der Waals surface area (Å²) in [7, 11) is 1.70. The number of hydrogen-bond donors (Lipinski definition) is 2. The van der Waals surface area contributed by atoms with E-state index < -0.39 is 0 Å². The average molecular weight is 451 g/mol. The highest BCUT2D eigenvalue weighted by atomic mass is 127. The lowest BCUT2D eigenvalue weighted by Gasteiger charge is -2.11. The second-order valence-corrected chi connectivity index (χ2v) is 6.11. The van der Waals surface area contributed by atoms with Gasteiger partial charge in [-0.1, -0.05) is 12.1 Å². The third kappa shape index (κ3) is 9.30. The van der Waals surface area contributed by atoms with E-state index in [0.29, 0.717) is 6.54 Å². The molecule has 0 spiro atoms. The molecule has 6 heteroatoms. The number of nitrogens with one attached hydrogen (secondary N) is 2. The minimum atomic E-state index is 0. The van der Waals surface area contributed by atoms with Gasteiger partial charge in [-0.05, 0) is 55.9 Å². The number of halogens is 1. The monoisotopic (exact) mass is 451 g/mol. The molecule has 0 saturated carbocycles. The van der Waals surface area contributed by atoms with Crippen molar-refractivity contribution in [2.45, 2.75) is 33.2 Å². The van der Waals surface area contributed by atoms with Gasteiger partial charge in [-0.2, -0.15) is 11.8 Å². The summed E-state index contributed by atoms with van der Waals surface area (Å²) in [5.74, 6) is 3.03. The topological polar surface area (TPSA) is 45.7 Å². The maximum atomic E-state index is 5.29. The number of aryl methyl sites for hydroxylation is 1. The summed E-state index contributed by atoms with van der Waals surface area (Å²) < 4.78 is 5.29. The molecule has 0 unspecified atom stereocenters. The molecule has 1 rings (SSSR count). The Kier molecular flexibility index (Phi) is 13.4. The lowest BCUT2D eigenvalue weighted by molar-refractivity contribution is 0.411. The van der Waals surface area contributed by atoms with Gasteiger partial charge in [0.05, 0.1) is 13.7 Å². The lowest BCUT2D eigenvalue weighted by atomic mass is 10.1. The number of ether oxygens (including phenoxy) is 1. The van der Waals surface area contributed by atoms with E-state index in [0.717, 1.165) is 30.4 Å². The van der Waals surface area contributed by atoms with Gasteiger partial charge in [-0.25, -0.2) is 4.99 Å². The van der Waals surface area contributed by atoms with Gasteiger partial charge in [0.2, 0.25) is 0 Å². The summed E-state index contributed by atoms with van der Waals surface area (Å²) in [4.78, 5) is 4.65. The highest BCUT2D eigenvalue weighted by Gasteiger charge is 2.01. The van der Waals surface area contributed by atoms with Crippen LogP contribution in [-0.2, 0) is 6.54 Å². The first-order chi connectivity index (χ1) is 10.7. The molecule has 1 aromatic carbocycles. The van der Waals surface area contributed by atoms with Gasteiger partial charge < -0.3 is 15.4 Å². The van der Waals surface area contributed by atoms with E-state index >= 15 is 0 Å². The standard InChI is InChI=1S/C17H29N3OS.HI/c1-5-18-17(19-10-6-7-11-22-4)20-13-15-8-9-16(21-3)14(2)12-15;/h8-9,12H,5-7,10-11,13H2,1-4H3,(H2,18,19,20);1H. The first-order valence-corrected chi connectivity index (χ1v) is 9.25. The van der Waals surface area contributed by atoms with Crippen molar-refractivity contribution in [1.82, 2.24) is 10.6 Å². The molecule has 23 heavy (non-hydrogen) atoms. The summed E-state index contributed by atoms with van der Waals surface area (Å²) >= 11 is 1.90. The van der Waals surface area contributed by atoms with Crippen LogP contribution in [0.1, 0.15) is 30.9 Å². The second-order valence-electron chi connectivity index (χ2n) is 5.13. The number of thioether (sulfide) groups is 1. The number of methoxy groups -OCH3 is 1. The van der Waals surface area contributed by atoms with Crippen LogP contribution in [0, 0.1) is 6.92 Å². The molecule has 0 radical (unpaired) electrons. The SMILES string of the molecule is CCNC(=NCc1ccc(OC)c(C)c1)NCCCCSC.I. The fourth-order valence-electron chi connectivity index (χ4n) is 2.13. The Bertz CT molecular complexity index is 469. The van der Waals surface area contributed by atoms with Crippen molar-refractivity contribution in [3.8, 4) is 5.75 Å². The summed E-state index contributed by atoms with van der Waals surface area (Å²) in [5.41, 5.74) is 2.34. The third-order valence-corrected chi connectivity index (χ3v) is 3.99. The van der Waals surface area contributed by atoms with E-state index in [1.807, 2.05) is 17.8 Å². The van der Waals surface area contributed by atoms with Crippen LogP contribution < -0.4 is 15.4 Å². The van der Waals surface area contributed by atoms with Crippen LogP contribution in [0.4, 0.5) is 0 Å². The number of hydrogen-bond acceptors (Lipinski definition) is 3. The molecule has 0 aliphatic carbocycles. The van der Waals surface area contributed by atoms with Crippen LogP contribution in [0.2, 0.25) is 0 Å². The predicted octanol–water partition coefficient (Wildman–Crippen LogP) is 3.82. The minimum Gasteiger partial charge on any atom is -0.496 e. The normalized spacial score (nSPS) is 10.9. The molecule has 2 N–H and O–H groups in total. The zero-order chi connectivity index (χ0) is 16.2. The second kappa shape index (κ2) is 13.8. The van der Waals surface area contributed by atoms with Gasteiger partial charge in [0, 0.05) is 13.1 Å². The molecular weight excluding hydrogens is 421 g/mol. The van der Waals surface area contributed by atoms with Gasteiger partial charge >= 0.3 is 0 Å². The van der Waals surface area contributed by atoms with Gasteiger partial charge in [0.25, 0.3) is 0 Å². The van der Waals surface area contributed by atoms with Crippen molar-refractivity contribution in [2.75, 3.05) is 32.2 Å². The Hall–Kier alpha value is -0.630. The summed E-state index contributed by atoms with van der Waals surface area (Å²) in [6.07, 6.45) is 4.56. The number of benzene rings is 1. The zero-order valence-electron chi connectivity index (χ0n) is 14.6.